The molecule has 0 radical (unpaired) electrons. The lowest BCUT2D eigenvalue weighted by molar-refractivity contribution is 0.102. The Kier molecular flexibility index (Phi) is 6.05. The number of benzene rings is 2. The molecule has 2 rings (SSSR count). The second kappa shape index (κ2) is 8.23. The number of halogens is 1. The molecule has 0 unspecified atom stereocenters. The molecule has 124 valence electrons. The fourth-order valence-electron chi connectivity index (χ4n) is 2.06. The Bertz CT molecular complexity index is 784. The van der Waals surface area contributed by atoms with E-state index in [1.807, 2.05) is 13.0 Å². The lowest BCUT2D eigenvalue weighted by Gasteiger charge is -2.14. The van der Waals surface area contributed by atoms with E-state index in [4.69, 9.17) is 26.3 Å². The minimum absolute atomic E-state index is 0.304. The van der Waals surface area contributed by atoms with E-state index in [-0.39, 0.29) is 5.91 Å². The topological polar surface area (TPSA) is 71.3 Å². The van der Waals surface area contributed by atoms with E-state index in [9.17, 15) is 4.79 Å². The molecule has 1 N–H and O–H groups in total. The molecule has 24 heavy (non-hydrogen) atoms. The van der Waals surface area contributed by atoms with Crippen LogP contribution in [0.15, 0.2) is 36.4 Å². The summed E-state index contributed by atoms with van der Waals surface area (Å²) < 4.78 is 10.8. The molecule has 0 spiro atoms. The first-order valence-electron chi connectivity index (χ1n) is 7.41. The van der Waals surface area contributed by atoms with Gasteiger partial charge in [-0.05, 0) is 36.8 Å². The molecule has 0 heterocycles. The lowest BCUT2D eigenvalue weighted by Crippen LogP contribution is -2.12. The third kappa shape index (κ3) is 4.18. The maximum atomic E-state index is 12.4. The first kappa shape index (κ1) is 17.6. The molecule has 5 nitrogen and oxygen atoms in total. The number of hydrogen-bond donors (Lipinski definition) is 1. The summed E-state index contributed by atoms with van der Waals surface area (Å²) in [4.78, 5) is 12.4. The molecule has 6 heteroatoms. The Hall–Kier alpha value is -2.71. The number of anilines is 1. The normalized spacial score (nSPS) is 9.92. The van der Waals surface area contributed by atoms with Crippen LogP contribution in [-0.4, -0.2) is 19.6 Å². The van der Waals surface area contributed by atoms with Gasteiger partial charge >= 0.3 is 0 Å². The smallest absolute Gasteiger partial charge is 0.255 e. The fourth-order valence-corrected chi connectivity index (χ4v) is 2.33. The molecular weight excluding hydrogens is 328 g/mol. The van der Waals surface area contributed by atoms with E-state index in [1.165, 1.54) is 13.2 Å². The summed E-state index contributed by atoms with van der Waals surface area (Å²) in [6.45, 7) is 2.49. The Morgan fingerprint density at radius 2 is 2.12 bits per heavy atom. The van der Waals surface area contributed by atoms with Gasteiger partial charge in [-0.25, -0.2) is 0 Å². The number of nitrogens with one attached hydrogen (secondary N) is 1. The average molecular weight is 345 g/mol. The Balaban J connectivity index is 2.26. The fraction of sp³-hybridized carbons (Fsp3) is 0.222. The zero-order chi connectivity index (χ0) is 17.5. The molecule has 2 aromatic carbocycles. The van der Waals surface area contributed by atoms with Gasteiger partial charge in [0.1, 0.15) is 0 Å². The number of ether oxygens (including phenoxy) is 2. The van der Waals surface area contributed by atoms with Crippen LogP contribution in [0.25, 0.3) is 0 Å². The van der Waals surface area contributed by atoms with E-state index in [1.54, 1.807) is 30.3 Å². The highest BCUT2D eigenvalue weighted by atomic mass is 35.5. The molecule has 0 aliphatic heterocycles. The molecule has 0 saturated carbocycles. The number of carbonyl (C=O) groups is 1. The molecule has 1 amide bonds. The summed E-state index contributed by atoms with van der Waals surface area (Å²) in [5.41, 5.74) is 1.33. The number of nitrogens with zero attached hydrogens (tertiary/aromatic N) is 1. The third-order valence-electron chi connectivity index (χ3n) is 3.19. The molecule has 0 fully saturated rings. The van der Waals surface area contributed by atoms with E-state index in [2.05, 4.69) is 5.32 Å². The highest BCUT2D eigenvalue weighted by Gasteiger charge is 2.16. The third-order valence-corrected chi connectivity index (χ3v) is 3.47. The van der Waals surface area contributed by atoms with Gasteiger partial charge in [0.2, 0.25) is 0 Å². The number of carbonyl (C=O) groups excluding carboxylic acids is 1. The van der Waals surface area contributed by atoms with Crippen LogP contribution in [0.4, 0.5) is 5.69 Å². The van der Waals surface area contributed by atoms with Gasteiger partial charge in [-0.2, -0.15) is 5.26 Å². The van der Waals surface area contributed by atoms with E-state index in [0.717, 1.165) is 6.42 Å². The standard InChI is InChI=1S/C18H17ClN2O3/c1-3-7-24-17-15(19)9-13(10-16(17)23-2)18(22)21-14-6-4-5-12(8-14)11-20/h4-6,8-10H,3,7H2,1-2H3,(H,21,22). The summed E-state index contributed by atoms with van der Waals surface area (Å²) >= 11 is 6.22. The predicted molar refractivity (Wildman–Crippen MR) is 92.9 cm³/mol. The second-order valence-corrected chi connectivity index (χ2v) is 5.39. The number of hydrogen-bond acceptors (Lipinski definition) is 4. The zero-order valence-corrected chi connectivity index (χ0v) is 14.2. The highest BCUT2D eigenvalue weighted by Crippen LogP contribution is 2.36. The van der Waals surface area contributed by atoms with Crippen LogP contribution in [0.2, 0.25) is 5.02 Å². The van der Waals surface area contributed by atoms with Gasteiger partial charge in [-0.15, -0.1) is 0 Å². The van der Waals surface area contributed by atoms with E-state index < -0.39 is 0 Å². The molecule has 0 atom stereocenters. The highest BCUT2D eigenvalue weighted by molar-refractivity contribution is 6.32. The van der Waals surface area contributed by atoms with Crippen molar-refractivity contribution in [3.8, 4) is 17.6 Å². The number of methoxy groups -OCH3 is 1. The Morgan fingerprint density at radius 1 is 1.33 bits per heavy atom. The largest absolute Gasteiger partial charge is 0.493 e. The van der Waals surface area contributed by atoms with Gasteiger partial charge in [0.25, 0.3) is 5.91 Å². The monoisotopic (exact) mass is 344 g/mol. The quantitative estimate of drug-likeness (QED) is 0.849. The maximum Gasteiger partial charge on any atom is 0.255 e. The summed E-state index contributed by atoms with van der Waals surface area (Å²) in [7, 11) is 1.49. The van der Waals surface area contributed by atoms with Crippen molar-refractivity contribution in [1.29, 1.82) is 5.26 Å². The second-order valence-electron chi connectivity index (χ2n) is 4.98. The van der Waals surface area contributed by atoms with Crippen LogP contribution in [0.5, 0.6) is 11.5 Å². The van der Waals surface area contributed by atoms with Crippen molar-refractivity contribution >= 4 is 23.2 Å². The van der Waals surface area contributed by atoms with Crippen molar-refractivity contribution in [2.75, 3.05) is 19.0 Å². The van der Waals surface area contributed by atoms with Crippen LogP contribution in [0, 0.1) is 11.3 Å². The summed E-state index contributed by atoms with van der Waals surface area (Å²) in [5.74, 6) is 0.461. The van der Waals surface area contributed by atoms with Crippen LogP contribution < -0.4 is 14.8 Å². The molecule has 2 aromatic rings. The minimum Gasteiger partial charge on any atom is -0.493 e. The maximum absolute atomic E-state index is 12.4. The summed E-state index contributed by atoms with van der Waals surface area (Å²) in [5, 5.41) is 11.9. The molecular formula is C18H17ClN2O3. The Labute approximate surface area is 145 Å². The molecule has 0 bridgehead atoms. The van der Waals surface area contributed by atoms with Crippen LogP contribution in [0.1, 0.15) is 29.3 Å². The summed E-state index contributed by atoms with van der Waals surface area (Å²) in [6.07, 6.45) is 0.830. The van der Waals surface area contributed by atoms with Gasteiger partial charge in [0.05, 0.1) is 30.4 Å². The molecule has 0 aromatic heterocycles. The molecule has 0 aliphatic rings. The van der Waals surface area contributed by atoms with Crippen molar-refractivity contribution < 1.29 is 14.3 Å². The number of amides is 1. The average Bonchev–Trinajstić information content (AvgIpc) is 2.60. The van der Waals surface area contributed by atoms with Crippen molar-refractivity contribution in [2.45, 2.75) is 13.3 Å². The van der Waals surface area contributed by atoms with Crippen LogP contribution >= 0.6 is 11.6 Å². The first-order valence-corrected chi connectivity index (χ1v) is 7.78. The number of rotatable bonds is 6. The van der Waals surface area contributed by atoms with Gasteiger partial charge in [-0.1, -0.05) is 24.6 Å². The van der Waals surface area contributed by atoms with Gasteiger partial charge in [0.15, 0.2) is 11.5 Å². The number of nitriles is 1. The summed E-state index contributed by atoms with van der Waals surface area (Å²) in [6, 6.07) is 11.8. The zero-order valence-electron chi connectivity index (χ0n) is 13.4. The van der Waals surface area contributed by atoms with Crippen molar-refractivity contribution in [3.05, 3.63) is 52.5 Å². The van der Waals surface area contributed by atoms with Gasteiger partial charge in [-0.3, -0.25) is 4.79 Å². The van der Waals surface area contributed by atoms with Crippen molar-refractivity contribution in [1.82, 2.24) is 0 Å². The molecule has 0 aliphatic carbocycles. The van der Waals surface area contributed by atoms with Gasteiger partial charge < -0.3 is 14.8 Å². The van der Waals surface area contributed by atoms with Crippen LogP contribution in [0.3, 0.4) is 0 Å². The van der Waals surface area contributed by atoms with E-state index >= 15 is 0 Å². The van der Waals surface area contributed by atoms with Crippen molar-refractivity contribution in [2.24, 2.45) is 0 Å². The van der Waals surface area contributed by atoms with Crippen molar-refractivity contribution in [3.63, 3.8) is 0 Å². The van der Waals surface area contributed by atoms with E-state index in [0.29, 0.717) is 39.9 Å². The van der Waals surface area contributed by atoms with Gasteiger partial charge in [0, 0.05) is 11.3 Å². The minimum atomic E-state index is -0.354. The Morgan fingerprint density at radius 3 is 2.79 bits per heavy atom. The van der Waals surface area contributed by atoms with Crippen LogP contribution in [-0.2, 0) is 0 Å². The lowest BCUT2D eigenvalue weighted by atomic mass is 10.1. The predicted octanol–water partition coefficient (Wildman–Crippen LogP) is 4.26. The first-order chi connectivity index (χ1) is 11.6. The SMILES string of the molecule is CCCOc1c(Cl)cc(C(=O)Nc2cccc(C#N)c2)cc1OC. The molecule has 0 saturated heterocycles.